The van der Waals surface area contributed by atoms with Crippen molar-refractivity contribution in [1.29, 1.82) is 0 Å². The van der Waals surface area contributed by atoms with Crippen LogP contribution in [0.2, 0.25) is 0 Å². The predicted octanol–water partition coefficient (Wildman–Crippen LogP) is 2.48. The molecule has 0 spiro atoms. The van der Waals surface area contributed by atoms with E-state index in [1.54, 1.807) is 18.5 Å². The van der Waals surface area contributed by atoms with Crippen molar-refractivity contribution in [2.45, 2.75) is 6.61 Å². The average molecular weight is 415 g/mol. The van der Waals surface area contributed by atoms with E-state index in [-0.39, 0.29) is 5.95 Å². The Morgan fingerprint density at radius 2 is 1.77 bits per heavy atom. The zero-order chi connectivity index (χ0) is 21.0. The maximum atomic E-state index is 6.04. The van der Waals surface area contributed by atoms with Gasteiger partial charge in [0.1, 0.15) is 6.61 Å². The van der Waals surface area contributed by atoms with Crippen molar-refractivity contribution >= 4 is 22.8 Å². The Morgan fingerprint density at radius 1 is 0.968 bits per heavy atom. The minimum absolute atomic E-state index is 0.214. The van der Waals surface area contributed by atoms with Crippen molar-refractivity contribution in [3.63, 3.8) is 0 Å². The number of hydrogen-bond donors (Lipinski definition) is 1. The molecule has 0 saturated carbocycles. The lowest BCUT2D eigenvalue weighted by Gasteiger charge is -2.27. The topological polar surface area (TPSA) is 112 Å². The van der Waals surface area contributed by atoms with Gasteiger partial charge >= 0.3 is 0 Å². The Morgan fingerprint density at radius 3 is 2.61 bits per heavy atom. The van der Waals surface area contributed by atoms with E-state index in [0.29, 0.717) is 37.3 Å². The highest BCUT2D eigenvalue weighted by Crippen LogP contribution is 2.25. The van der Waals surface area contributed by atoms with Gasteiger partial charge in [-0.25, -0.2) is 15.0 Å². The van der Waals surface area contributed by atoms with E-state index in [1.807, 2.05) is 30.5 Å². The van der Waals surface area contributed by atoms with Gasteiger partial charge in [0, 0.05) is 54.3 Å². The van der Waals surface area contributed by atoms with Crippen molar-refractivity contribution in [2.75, 3.05) is 36.9 Å². The van der Waals surface area contributed by atoms with Crippen LogP contribution in [-0.2, 0) is 11.3 Å². The molecular formula is C22H21N7O2. The zero-order valence-electron chi connectivity index (χ0n) is 16.8. The van der Waals surface area contributed by atoms with E-state index >= 15 is 0 Å². The van der Waals surface area contributed by atoms with Crippen molar-refractivity contribution in [1.82, 2.24) is 24.9 Å². The van der Waals surface area contributed by atoms with Crippen LogP contribution in [0.3, 0.4) is 0 Å². The molecule has 3 aromatic heterocycles. The molecule has 31 heavy (non-hydrogen) atoms. The third-order valence-electron chi connectivity index (χ3n) is 4.99. The molecule has 1 aliphatic rings. The van der Waals surface area contributed by atoms with Crippen molar-refractivity contribution in [3.05, 3.63) is 60.6 Å². The summed E-state index contributed by atoms with van der Waals surface area (Å²) in [6, 6.07) is 11.8. The maximum absolute atomic E-state index is 6.04. The molecule has 156 valence electrons. The Hall–Kier alpha value is -3.85. The quantitative estimate of drug-likeness (QED) is 0.525. The van der Waals surface area contributed by atoms with Crippen LogP contribution in [-0.4, -0.2) is 51.2 Å². The molecule has 5 rings (SSSR count). The van der Waals surface area contributed by atoms with Gasteiger partial charge in [-0.3, -0.25) is 4.98 Å². The van der Waals surface area contributed by atoms with Gasteiger partial charge < -0.3 is 20.1 Å². The zero-order valence-corrected chi connectivity index (χ0v) is 16.8. The van der Waals surface area contributed by atoms with E-state index in [1.165, 1.54) is 0 Å². The molecule has 0 radical (unpaired) electrons. The summed E-state index contributed by atoms with van der Waals surface area (Å²) in [6.45, 7) is 3.05. The summed E-state index contributed by atoms with van der Waals surface area (Å²) >= 11 is 0. The summed E-state index contributed by atoms with van der Waals surface area (Å²) in [6.07, 6.45) is 5.11. The smallest absolute Gasteiger partial charge is 0.229 e. The molecule has 0 bridgehead atoms. The maximum Gasteiger partial charge on any atom is 0.229 e. The molecule has 0 aliphatic carbocycles. The van der Waals surface area contributed by atoms with Gasteiger partial charge in [0.15, 0.2) is 0 Å². The highest BCUT2D eigenvalue weighted by Gasteiger charge is 2.17. The number of aromatic nitrogens is 5. The summed E-state index contributed by atoms with van der Waals surface area (Å²) in [5.41, 5.74) is 8.95. The molecule has 0 unspecified atom stereocenters. The van der Waals surface area contributed by atoms with Crippen LogP contribution in [0.4, 0.5) is 11.9 Å². The molecule has 1 saturated heterocycles. The third kappa shape index (κ3) is 4.36. The van der Waals surface area contributed by atoms with Gasteiger partial charge in [0.05, 0.1) is 24.4 Å². The molecule has 1 aliphatic heterocycles. The number of ether oxygens (including phenoxy) is 2. The average Bonchev–Trinajstić information content (AvgIpc) is 2.83. The Kier molecular flexibility index (Phi) is 5.24. The number of hydrogen-bond acceptors (Lipinski definition) is 9. The largest absolute Gasteiger partial charge is 0.473 e. The monoisotopic (exact) mass is 415 g/mol. The minimum Gasteiger partial charge on any atom is -0.473 e. The highest BCUT2D eigenvalue weighted by molar-refractivity contribution is 5.78. The number of nitrogens with two attached hydrogens (primary N) is 1. The van der Waals surface area contributed by atoms with Gasteiger partial charge in [-0.05, 0) is 12.1 Å². The lowest BCUT2D eigenvalue weighted by Crippen LogP contribution is -2.37. The van der Waals surface area contributed by atoms with Crippen LogP contribution >= 0.6 is 0 Å². The summed E-state index contributed by atoms with van der Waals surface area (Å²) in [7, 11) is 0. The summed E-state index contributed by atoms with van der Waals surface area (Å²) in [5.74, 6) is 1.27. The predicted molar refractivity (Wildman–Crippen MR) is 117 cm³/mol. The minimum atomic E-state index is 0.214. The second-order valence-electron chi connectivity index (χ2n) is 7.15. The van der Waals surface area contributed by atoms with Crippen molar-refractivity contribution < 1.29 is 9.47 Å². The van der Waals surface area contributed by atoms with Crippen LogP contribution in [0.1, 0.15) is 5.56 Å². The van der Waals surface area contributed by atoms with Crippen molar-refractivity contribution in [2.24, 2.45) is 0 Å². The number of nitrogen functional groups attached to an aromatic ring is 1. The second kappa shape index (κ2) is 8.49. The number of morpholine rings is 1. The van der Waals surface area contributed by atoms with E-state index in [4.69, 9.17) is 20.2 Å². The molecular weight excluding hydrogens is 394 g/mol. The van der Waals surface area contributed by atoms with Gasteiger partial charge in [0.25, 0.3) is 0 Å². The molecule has 9 heteroatoms. The second-order valence-corrected chi connectivity index (χ2v) is 7.15. The Bertz CT molecular complexity index is 1190. The standard InChI is InChI=1S/C22H21N7O2/c23-21-25-12-17(13-26-21)19-10-20(28-22(27-19)29-5-7-30-8-6-29)31-14-15-9-16-3-1-2-4-18(16)24-11-15/h1-4,9-13H,5-8,14H2,(H2,23,25,26). The molecule has 2 N–H and O–H groups in total. The number of pyridine rings is 1. The molecule has 0 atom stereocenters. The Labute approximate surface area is 178 Å². The summed E-state index contributed by atoms with van der Waals surface area (Å²) in [5, 5.41) is 1.07. The van der Waals surface area contributed by atoms with Crippen molar-refractivity contribution in [3.8, 4) is 17.1 Å². The number of rotatable bonds is 5. The SMILES string of the molecule is Nc1ncc(-c2cc(OCc3cnc4ccccc4c3)nc(N3CCOCC3)n2)cn1. The highest BCUT2D eigenvalue weighted by atomic mass is 16.5. The van der Waals surface area contributed by atoms with Gasteiger partial charge in [0.2, 0.25) is 17.8 Å². The lowest BCUT2D eigenvalue weighted by atomic mass is 10.2. The van der Waals surface area contributed by atoms with Crippen LogP contribution in [0.15, 0.2) is 55.0 Å². The van der Waals surface area contributed by atoms with E-state index in [9.17, 15) is 0 Å². The first-order chi connectivity index (χ1) is 15.2. The number of anilines is 2. The van der Waals surface area contributed by atoms with Crippen LogP contribution in [0, 0.1) is 0 Å². The lowest BCUT2D eigenvalue weighted by molar-refractivity contribution is 0.122. The van der Waals surface area contributed by atoms with Gasteiger partial charge in [-0.1, -0.05) is 18.2 Å². The molecule has 0 amide bonds. The molecule has 9 nitrogen and oxygen atoms in total. The van der Waals surface area contributed by atoms with Crippen LogP contribution in [0.5, 0.6) is 5.88 Å². The van der Waals surface area contributed by atoms with E-state index in [0.717, 1.165) is 35.1 Å². The first kappa shape index (κ1) is 19.1. The molecule has 4 aromatic rings. The summed E-state index contributed by atoms with van der Waals surface area (Å²) < 4.78 is 11.5. The first-order valence-electron chi connectivity index (χ1n) is 10.0. The fourth-order valence-corrected chi connectivity index (χ4v) is 3.36. The van der Waals surface area contributed by atoms with E-state index in [2.05, 4.69) is 30.9 Å². The normalized spacial score (nSPS) is 14.0. The van der Waals surface area contributed by atoms with Gasteiger partial charge in [-0.2, -0.15) is 4.98 Å². The van der Waals surface area contributed by atoms with Crippen LogP contribution in [0.25, 0.3) is 22.2 Å². The first-order valence-corrected chi connectivity index (χ1v) is 10.0. The van der Waals surface area contributed by atoms with Crippen LogP contribution < -0.4 is 15.4 Å². The molecule has 1 fully saturated rings. The molecule has 4 heterocycles. The fraction of sp³-hybridized carbons (Fsp3) is 0.227. The number of fused-ring (bicyclic) bond motifs is 1. The fourth-order valence-electron chi connectivity index (χ4n) is 3.36. The third-order valence-corrected chi connectivity index (χ3v) is 4.99. The number of para-hydroxylation sites is 1. The number of benzene rings is 1. The Balaban J connectivity index is 1.44. The van der Waals surface area contributed by atoms with E-state index < -0.39 is 0 Å². The molecule has 1 aromatic carbocycles. The summed E-state index contributed by atoms with van der Waals surface area (Å²) in [4.78, 5) is 24.0. The number of nitrogens with zero attached hydrogens (tertiary/aromatic N) is 6. The van der Waals surface area contributed by atoms with Gasteiger partial charge in [-0.15, -0.1) is 0 Å².